The van der Waals surface area contributed by atoms with Crippen LogP contribution in [-0.4, -0.2) is 9.52 Å². The standard InChI is InChI=1S/C7H9.C2H7Si.2ClH.Zr/c1-6-3-4-7(2)5-6;1-3-2;;;/h5H,3H2,1-2H3;3H,1-2H3;2*1H;/q-1;;;;. The molecule has 1 rings (SSSR count). The van der Waals surface area contributed by atoms with Crippen molar-refractivity contribution in [1.29, 1.82) is 0 Å². The molecule has 0 aromatic heterocycles. The second-order valence-corrected chi connectivity index (χ2v) is 3.76. The smallest absolute Gasteiger partial charge is 0.0213 e. The molecule has 1 radical (unpaired) electrons. The van der Waals surface area contributed by atoms with Crippen molar-refractivity contribution in [3.8, 4) is 0 Å². The van der Waals surface area contributed by atoms with Gasteiger partial charge in [0, 0.05) is 35.7 Å². The third-order valence-electron chi connectivity index (χ3n) is 1.11. The van der Waals surface area contributed by atoms with Gasteiger partial charge in [-0.2, -0.15) is 5.57 Å². The van der Waals surface area contributed by atoms with Crippen molar-refractivity contribution in [2.24, 2.45) is 0 Å². The second kappa shape index (κ2) is 15.6. The van der Waals surface area contributed by atoms with Gasteiger partial charge >= 0.3 is 0 Å². The summed E-state index contributed by atoms with van der Waals surface area (Å²) in [5, 5.41) is 0. The maximum Gasteiger partial charge on any atom is 0.0213 e. The normalized spacial score (nSPS) is 11.7. The molecule has 0 aromatic carbocycles. The first-order valence-corrected chi connectivity index (χ1v) is 6.00. The first kappa shape index (κ1) is 23.8. The molecular weight excluding hydrogens is 298 g/mol. The van der Waals surface area contributed by atoms with Crippen molar-refractivity contribution in [3.63, 3.8) is 0 Å². The summed E-state index contributed by atoms with van der Waals surface area (Å²) in [6, 6.07) is 0. The number of hydrogen-bond acceptors (Lipinski definition) is 0. The van der Waals surface area contributed by atoms with Crippen molar-refractivity contribution in [3.05, 3.63) is 23.3 Å². The Hall–Kier alpha value is 1.16. The van der Waals surface area contributed by atoms with E-state index in [1.165, 1.54) is 11.1 Å². The number of rotatable bonds is 0. The predicted molar refractivity (Wildman–Crippen MR) is 64.2 cm³/mol. The fourth-order valence-electron chi connectivity index (χ4n) is 0.751. The van der Waals surface area contributed by atoms with Crippen molar-refractivity contribution >= 4 is 34.3 Å². The zero-order chi connectivity index (χ0) is 7.98. The van der Waals surface area contributed by atoms with Gasteiger partial charge in [0.2, 0.25) is 0 Å². The number of hydrogen-bond donors (Lipinski definition) is 0. The zero-order valence-electron chi connectivity index (χ0n) is 8.68. The molecule has 1 aliphatic rings. The molecule has 0 saturated heterocycles. The van der Waals surface area contributed by atoms with Gasteiger partial charge < -0.3 is 0 Å². The van der Waals surface area contributed by atoms with E-state index in [1.54, 1.807) is 0 Å². The maximum absolute atomic E-state index is 3.19. The van der Waals surface area contributed by atoms with Crippen LogP contribution in [0.4, 0.5) is 0 Å². The Labute approximate surface area is 116 Å². The third kappa shape index (κ3) is 15.9. The first-order chi connectivity index (χ1) is 4.70. The van der Waals surface area contributed by atoms with Crippen molar-refractivity contribution in [1.82, 2.24) is 0 Å². The van der Waals surface area contributed by atoms with Crippen LogP contribution >= 0.6 is 24.8 Å². The fourth-order valence-corrected chi connectivity index (χ4v) is 0.751. The largest absolute Gasteiger partial charge is 0.270 e. The molecule has 0 atom stereocenters. The molecule has 0 N–H and O–H groups in total. The van der Waals surface area contributed by atoms with E-state index >= 15 is 0 Å². The zero-order valence-corrected chi connectivity index (χ0v) is 13.9. The number of allylic oxidation sites excluding steroid dienone is 4. The Morgan fingerprint density at radius 2 is 1.62 bits per heavy atom. The molecule has 4 heteroatoms. The second-order valence-electron chi connectivity index (χ2n) is 2.60. The minimum Gasteiger partial charge on any atom is -0.270 e. The predicted octanol–water partition coefficient (Wildman–Crippen LogP) is 3.45. The summed E-state index contributed by atoms with van der Waals surface area (Å²) < 4.78 is 0. The van der Waals surface area contributed by atoms with E-state index in [9.17, 15) is 0 Å². The van der Waals surface area contributed by atoms with Gasteiger partial charge in [-0.3, -0.25) is 6.08 Å². The summed E-state index contributed by atoms with van der Waals surface area (Å²) >= 11 is 0. The van der Waals surface area contributed by atoms with Crippen LogP contribution in [0.25, 0.3) is 0 Å². The Kier molecular flexibility index (Phi) is 28.6. The van der Waals surface area contributed by atoms with E-state index in [4.69, 9.17) is 0 Å². The van der Waals surface area contributed by atoms with Gasteiger partial charge in [-0.25, -0.2) is 11.6 Å². The minimum atomic E-state index is 0. The van der Waals surface area contributed by atoms with Gasteiger partial charge in [0.05, 0.1) is 0 Å². The molecule has 0 heterocycles. The van der Waals surface area contributed by atoms with Crippen LogP contribution in [0, 0.1) is 6.08 Å². The van der Waals surface area contributed by atoms with Crippen molar-refractivity contribution < 1.29 is 26.2 Å². The minimum absolute atomic E-state index is 0. The molecule has 0 saturated carbocycles. The van der Waals surface area contributed by atoms with E-state index in [2.05, 4.69) is 39.1 Å². The van der Waals surface area contributed by atoms with Crippen LogP contribution in [0.2, 0.25) is 13.1 Å². The van der Waals surface area contributed by atoms with Crippen LogP contribution in [0.5, 0.6) is 0 Å². The molecule has 0 nitrogen and oxygen atoms in total. The summed E-state index contributed by atoms with van der Waals surface area (Å²) in [5.41, 5.74) is 2.72. The van der Waals surface area contributed by atoms with Gasteiger partial charge in [0.15, 0.2) is 0 Å². The summed E-state index contributed by atoms with van der Waals surface area (Å²) in [6.45, 7) is 8.63. The average Bonchev–Trinajstić information content (AvgIpc) is 2.17. The van der Waals surface area contributed by atoms with Crippen molar-refractivity contribution in [2.45, 2.75) is 33.4 Å². The summed E-state index contributed by atoms with van der Waals surface area (Å²) in [7, 11) is 0.750. The van der Waals surface area contributed by atoms with E-state index in [0.717, 1.165) is 15.9 Å². The van der Waals surface area contributed by atoms with E-state index in [1.807, 2.05) is 0 Å². The Morgan fingerprint density at radius 1 is 1.23 bits per heavy atom. The first-order valence-electron chi connectivity index (χ1n) is 3.69. The van der Waals surface area contributed by atoms with Crippen LogP contribution in [0.1, 0.15) is 20.3 Å². The number of halogens is 2. The molecule has 0 bridgehead atoms. The fraction of sp³-hybridized carbons (Fsp3) is 0.556. The SMILES string of the molecule is CC1=[C-]CC(C)=C1.C[SiH]C.Cl.Cl.[Zr]. The van der Waals surface area contributed by atoms with Crippen LogP contribution in [0.15, 0.2) is 17.2 Å². The molecule has 0 amide bonds. The average molecular weight is 316 g/mol. The molecule has 1 aliphatic carbocycles. The van der Waals surface area contributed by atoms with Gasteiger partial charge in [-0.1, -0.05) is 26.9 Å². The summed E-state index contributed by atoms with van der Waals surface area (Å²) in [6.07, 6.45) is 6.41. The van der Waals surface area contributed by atoms with E-state index < -0.39 is 0 Å². The van der Waals surface area contributed by atoms with Gasteiger partial charge in [-0.05, 0) is 0 Å². The van der Waals surface area contributed by atoms with Gasteiger partial charge in [-0.15, -0.1) is 31.2 Å². The Morgan fingerprint density at radius 3 is 1.69 bits per heavy atom. The molecule has 0 aromatic rings. The monoisotopic (exact) mass is 314 g/mol. The van der Waals surface area contributed by atoms with Crippen molar-refractivity contribution in [2.75, 3.05) is 0 Å². The molecule has 0 fully saturated rings. The molecule has 77 valence electrons. The van der Waals surface area contributed by atoms with E-state index in [0.29, 0.717) is 0 Å². The molecule has 13 heavy (non-hydrogen) atoms. The molecule has 0 spiro atoms. The van der Waals surface area contributed by atoms with Crippen LogP contribution < -0.4 is 0 Å². The Balaban J connectivity index is -0.0000000615. The maximum atomic E-state index is 3.19. The summed E-state index contributed by atoms with van der Waals surface area (Å²) in [4.78, 5) is 0. The Bertz CT molecular complexity index is 156. The topological polar surface area (TPSA) is 0 Å². The van der Waals surface area contributed by atoms with Crippen LogP contribution in [0.3, 0.4) is 0 Å². The summed E-state index contributed by atoms with van der Waals surface area (Å²) in [5.74, 6) is 0. The quantitative estimate of drug-likeness (QED) is 0.474. The molecular formula is C9H18Cl2SiZr-. The van der Waals surface area contributed by atoms with E-state index in [-0.39, 0.29) is 51.0 Å². The van der Waals surface area contributed by atoms with Gasteiger partial charge in [0.1, 0.15) is 0 Å². The molecule has 0 unspecified atom stereocenters. The molecule has 0 aliphatic heterocycles. The van der Waals surface area contributed by atoms with Crippen LogP contribution in [-0.2, 0) is 26.2 Å². The third-order valence-corrected chi connectivity index (χ3v) is 1.11. The van der Waals surface area contributed by atoms with Gasteiger partial charge in [0.25, 0.3) is 0 Å².